The Morgan fingerprint density at radius 2 is 1.76 bits per heavy atom. The number of hydrogen-bond acceptors (Lipinski definition) is 4. The molecule has 3 aliphatic heterocycles. The Bertz CT molecular complexity index is 737. The van der Waals surface area contributed by atoms with Crippen LogP contribution in [0.2, 0.25) is 0 Å². The number of rotatable bonds is 7. The maximum absolute atomic E-state index is 13.9. The lowest BCUT2D eigenvalue weighted by atomic mass is 9.96. The second kappa shape index (κ2) is 13.8. The number of guanidine groups is 1. The van der Waals surface area contributed by atoms with Crippen LogP contribution < -0.4 is 5.32 Å². The first-order valence-corrected chi connectivity index (χ1v) is 12.5. The molecule has 0 aliphatic carbocycles. The molecule has 1 unspecified atom stereocenters. The van der Waals surface area contributed by atoms with Gasteiger partial charge in [0, 0.05) is 57.9 Å². The summed E-state index contributed by atoms with van der Waals surface area (Å²) in [5.41, 5.74) is 0.805. The van der Waals surface area contributed by atoms with Crippen molar-refractivity contribution in [3.8, 4) is 0 Å². The standard InChI is InChI=1S/C25H40FN5O.HI/c1-2-27-25(31-12-9-22(19-31)18-30-13-15-32-16-14-30)28-17-21-7-10-29(11-8-21)20-23-5-3-4-6-24(23)26;/h3-6,21-22H,2,7-20H2,1H3,(H,27,28);1H. The number of nitrogens with one attached hydrogen (secondary N) is 1. The molecule has 1 aromatic rings. The summed E-state index contributed by atoms with van der Waals surface area (Å²) in [6, 6.07) is 7.14. The quantitative estimate of drug-likeness (QED) is 0.308. The van der Waals surface area contributed by atoms with E-state index in [0.29, 0.717) is 12.5 Å². The molecular weight excluding hydrogens is 532 g/mol. The Labute approximate surface area is 215 Å². The third kappa shape index (κ3) is 8.04. The van der Waals surface area contributed by atoms with Crippen LogP contribution >= 0.6 is 24.0 Å². The van der Waals surface area contributed by atoms with Gasteiger partial charge in [0.25, 0.3) is 0 Å². The average molecular weight is 574 g/mol. The number of nitrogens with zero attached hydrogens (tertiary/aromatic N) is 4. The fraction of sp³-hybridized carbons (Fsp3) is 0.720. The predicted molar refractivity (Wildman–Crippen MR) is 143 cm³/mol. The highest BCUT2D eigenvalue weighted by molar-refractivity contribution is 14.0. The smallest absolute Gasteiger partial charge is 0.193 e. The number of piperidine rings is 1. The van der Waals surface area contributed by atoms with E-state index in [2.05, 4.69) is 26.9 Å². The van der Waals surface area contributed by atoms with Crippen molar-refractivity contribution in [2.45, 2.75) is 32.7 Å². The average Bonchev–Trinajstić information content (AvgIpc) is 3.28. The Morgan fingerprint density at radius 1 is 1.03 bits per heavy atom. The molecule has 1 aromatic carbocycles. The van der Waals surface area contributed by atoms with Gasteiger partial charge >= 0.3 is 0 Å². The fourth-order valence-corrected chi connectivity index (χ4v) is 5.16. The van der Waals surface area contributed by atoms with Gasteiger partial charge in [0.1, 0.15) is 5.82 Å². The molecule has 33 heavy (non-hydrogen) atoms. The topological polar surface area (TPSA) is 43.3 Å². The van der Waals surface area contributed by atoms with E-state index in [1.165, 1.54) is 13.0 Å². The zero-order valence-corrected chi connectivity index (χ0v) is 22.4. The van der Waals surface area contributed by atoms with Gasteiger partial charge in [0.15, 0.2) is 5.96 Å². The van der Waals surface area contributed by atoms with Crippen LogP contribution in [0.3, 0.4) is 0 Å². The van der Waals surface area contributed by atoms with Crippen LogP contribution in [0.1, 0.15) is 31.7 Å². The van der Waals surface area contributed by atoms with E-state index in [1.807, 2.05) is 12.1 Å². The summed E-state index contributed by atoms with van der Waals surface area (Å²) >= 11 is 0. The Morgan fingerprint density at radius 3 is 2.48 bits per heavy atom. The molecule has 3 aliphatic rings. The molecular formula is C25H41FIN5O. The molecule has 186 valence electrons. The number of aliphatic imine (C=N–C) groups is 1. The zero-order valence-electron chi connectivity index (χ0n) is 20.1. The zero-order chi connectivity index (χ0) is 22.2. The van der Waals surface area contributed by atoms with Crippen molar-refractivity contribution in [1.29, 1.82) is 0 Å². The Balaban J connectivity index is 0.00000306. The summed E-state index contributed by atoms with van der Waals surface area (Å²) in [6.07, 6.45) is 3.52. The van der Waals surface area contributed by atoms with Gasteiger partial charge < -0.3 is 15.0 Å². The van der Waals surface area contributed by atoms with Crippen molar-refractivity contribution in [3.63, 3.8) is 0 Å². The van der Waals surface area contributed by atoms with Crippen LogP contribution in [0, 0.1) is 17.7 Å². The van der Waals surface area contributed by atoms with Crippen LogP contribution in [0.25, 0.3) is 0 Å². The number of morpholine rings is 1. The largest absolute Gasteiger partial charge is 0.379 e. The number of hydrogen-bond donors (Lipinski definition) is 1. The van der Waals surface area contributed by atoms with Gasteiger partial charge in [-0.05, 0) is 57.2 Å². The number of ether oxygens (including phenoxy) is 1. The molecule has 3 fully saturated rings. The minimum atomic E-state index is -0.0907. The molecule has 6 nitrogen and oxygen atoms in total. The number of halogens is 2. The highest BCUT2D eigenvalue weighted by Crippen LogP contribution is 2.22. The molecule has 0 spiro atoms. The van der Waals surface area contributed by atoms with Crippen LogP contribution in [0.15, 0.2) is 29.3 Å². The molecule has 3 heterocycles. The third-order valence-electron chi connectivity index (χ3n) is 7.10. The normalized spacial score (nSPS) is 23.5. The van der Waals surface area contributed by atoms with E-state index in [9.17, 15) is 4.39 Å². The summed E-state index contributed by atoms with van der Waals surface area (Å²) in [6.45, 7) is 14.0. The molecule has 0 bridgehead atoms. The monoisotopic (exact) mass is 573 g/mol. The first-order valence-electron chi connectivity index (χ1n) is 12.5. The molecule has 4 rings (SSSR count). The van der Waals surface area contributed by atoms with Gasteiger partial charge in [0.2, 0.25) is 0 Å². The molecule has 1 atom stereocenters. The summed E-state index contributed by atoms with van der Waals surface area (Å²) in [7, 11) is 0. The summed E-state index contributed by atoms with van der Waals surface area (Å²) in [5.74, 6) is 2.34. The molecule has 0 saturated carbocycles. The van der Waals surface area contributed by atoms with E-state index >= 15 is 0 Å². The summed E-state index contributed by atoms with van der Waals surface area (Å²) < 4.78 is 19.4. The maximum atomic E-state index is 13.9. The summed E-state index contributed by atoms with van der Waals surface area (Å²) in [4.78, 5) is 12.4. The maximum Gasteiger partial charge on any atom is 0.193 e. The first-order chi connectivity index (χ1) is 15.7. The lowest BCUT2D eigenvalue weighted by Gasteiger charge is -2.32. The highest BCUT2D eigenvalue weighted by Gasteiger charge is 2.27. The minimum Gasteiger partial charge on any atom is -0.379 e. The molecule has 0 radical (unpaired) electrons. The van der Waals surface area contributed by atoms with E-state index in [4.69, 9.17) is 9.73 Å². The van der Waals surface area contributed by atoms with Gasteiger partial charge in [-0.2, -0.15) is 0 Å². The van der Waals surface area contributed by atoms with Crippen molar-refractivity contribution in [2.24, 2.45) is 16.8 Å². The van der Waals surface area contributed by atoms with Crippen LogP contribution in [0.4, 0.5) is 4.39 Å². The lowest BCUT2D eigenvalue weighted by Crippen LogP contribution is -2.42. The number of likely N-dealkylation sites (tertiary alicyclic amines) is 2. The fourth-order valence-electron chi connectivity index (χ4n) is 5.16. The second-order valence-electron chi connectivity index (χ2n) is 9.52. The highest BCUT2D eigenvalue weighted by atomic mass is 127. The van der Waals surface area contributed by atoms with Crippen molar-refractivity contribution >= 4 is 29.9 Å². The molecule has 1 N–H and O–H groups in total. The van der Waals surface area contributed by atoms with Crippen molar-refractivity contribution in [1.82, 2.24) is 20.0 Å². The second-order valence-corrected chi connectivity index (χ2v) is 9.52. The van der Waals surface area contributed by atoms with E-state index in [0.717, 1.165) is 95.9 Å². The lowest BCUT2D eigenvalue weighted by molar-refractivity contribution is 0.0315. The van der Waals surface area contributed by atoms with Gasteiger partial charge in [-0.1, -0.05) is 18.2 Å². The first kappa shape index (κ1) is 26.6. The van der Waals surface area contributed by atoms with Gasteiger partial charge in [-0.25, -0.2) is 4.39 Å². The van der Waals surface area contributed by atoms with Gasteiger partial charge in [-0.15, -0.1) is 24.0 Å². The molecule has 8 heteroatoms. The van der Waals surface area contributed by atoms with E-state index in [-0.39, 0.29) is 29.8 Å². The minimum absolute atomic E-state index is 0. The van der Waals surface area contributed by atoms with E-state index in [1.54, 1.807) is 12.1 Å². The summed E-state index contributed by atoms with van der Waals surface area (Å²) in [5, 5.41) is 3.53. The SMILES string of the molecule is CCNC(=NCC1CCN(Cc2ccccc2F)CC1)N1CCC(CN2CCOCC2)C1.I. The Kier molecular flexibility index (Phi) is 11.1. The Hall–Kier alpha value is -0.970. The van der Waals surface area contributed by atoms with Crippen molar-refractivity contribution in [2.75, 3.05) is 72.1 Å². The predicted octanol–water partition coefficient (Wildman–Crippen LogP) is 3.28. The molecule has 0 aromatic heterocycles. The van der Waals surface area contributed by atoms with Crippen LogP contribution in [0.5, 0.6) is 0 Å². The van der Waals surface area contributed by atoms with Crippen LogP contribution in [-0.2, 0) is 11.3 Å². The van der Waals surface area contributed by atoms with Crippen molar-refractivity contribution in [3.05, 3.63) is 35.6 Å². The molecule has 0 amide bonds. The van der Waals surface area contributed by atoms with Crippen molar-refractivity contribution < 1.29 is 9.13 Å². The van der Waals surface area contributed by atoms with Crippen LogP contribution in [-0.4, -0.2) is 92.8 Å². The van der Waals surface area contributed by atoms with E-state index < -0.39 is 0 Å². The molecule has 3 saturated heterocycles. The third-order valence-corrected chi connectivity index (χ3v) is 7.10. The van der Waals surface area contributed by atoms with Gasteiger partial charge in [0.05, 0.1) is 13.2 Å². The van der Waals surface area contributed by atoms with Gasteiger partial charge in [-0.3, -0.25) is 14.8 Å². The number of benzene rings is 1.